The Morgan fingerprint density at radius 2 is 1.76 bits per heavy atom. The Kier molecular flexibility index (Phi) is 10.7. The number of rotatable bonds is 5. The second kappa shape index (κ2) is 11.6. The molecule has 0 bridgehead atoms. The molecule has 2 amide bonds. The summed E-state index contributed by atoms with van der Waals surface area (Å²) in [6.45, 7) is 9.87. The maximum atomic E-state index is 11.0. The Labute approximate surface area is 149 Å². The summed E-state index contributed by atoms with van der Waals surface area (Å²) in [5.74, 6) is -0.547. The normalized spacial score (nSPS) is 13.1. The van der Waals surface area contributed by atoms with Crippen molar-refractivity contribution in [3.63, 3.8) is 0 Å². The van der Waals surface area contributed by atoms with Crippen molar-refractivity contribution in [2.45, 2.75) is 58.9 Å². The van der Waals surface area contributed by atoms with Crippen LogP contribution in [0, 0.1) is 0 Å². The van der Waals surface area contributed by atoms with Crippen LogP contribution in [0.4, 0.5) is 4.79 Å². The highest BCUT2D eigenvalue weighted by Crippen LogP contribution is 2.06. The molecule has 0 aliphatic rings. The Morgan fingerprint density at radius 3 is 2.20 bits per heavy atom. The number of alkyl carbamates (subject to hydrolysis) is 1. The molecule has 1 rings (SSSR count). The van der Waals surface area contributed by atoms with Crippen molar-refractivity contribution in [2.75, 3.05) is 6.54 Å². The van der Waals surface area contributed by atoms with Crippen LogP contribution in [0.2, 0.25) is 0 Å². The second-order valence-electron chi connectivity index (χ2n) is 6.75. The van der Waals surface area contributed by atoms with Crippen molar-refractivity contribution < 1.29 is 19.4 Å². The summed E-state index contributed by atoms with van der Waals surface area (Å²) in [7, 11) is 0. The van der Waals surface area contributed by atoms with Crippen molar-refractivity contribution in [2.24, 2.45) is 5.73 Å². The zero-order chi connectivity index (χ0) is 19.5. The third kappa shape index (κ3) is 14.1. The quantitative estimate of drug-likeness (QED) is 0.638. The van der Waals surface area contributed by atoms with Crippen LogP contribution < -0.4 is 16.4 Å². The highest BCUT2D eigenvalue weighted by atomic mass is 16.6. The Bertz CT molecular complexity index is 511. The third-order valence-corrected chi connectivity index (χ3v) is 2.65. The predicted molar refractivity (Wildman–Crippen MR) is 97.9 cm³/mol. The number of carbonyl (C=O) groups is 2. The van der Waals surface area contributed by atoms with E-state index < -0.39 is 23.6 Å². The van der Waals surface area contributed by atoms with Gasteiger partial charge in [0.2, 0.25) is 5.91 Å². The SMILES string of the molecule is C[C@@H](N)C(=O)NC(=O)OC(C)(C)C.C[C@H](O)CNCc1ccccc1. The molecule has 7 nitrogen and oxygen atoms in total. The first-order valence-corrected chi connectivity index (χ1v) is 8.23. The monoisotopic (exact) mass is 353 g/mol. The standard InChI is InChI=1S/C10H15NO.C8H16N2O3/c1-9(12)7-11-8-10-5-3-2-4-6-10;1-5(9)6(11)10-7(12)13-8(2,3)4/h2-6,9,11-12H,7-8H2,1H3;5H,9H2,1-4H3,(H,10,11,12)/t9-;5-/m01/s1. The predicted octanol–water partition coefficient (Wildman–Crippen LogP) is 1.54. The van der Waals surface area contributed by atoms with E-state index in [1.165, 1.54) is 12.5 Å². The van der Waals surface area contributed by atoms with Gasteiger partial charge in [0, 0.05) is 13.1 Å². The summed E-state index contributed by atoms with van der Waals surface area (Å²) in [5.41, 5.74) is 5.87. The minimum Gasteiger partial charge on any atom is -0.444 e. The molecule has 0 aliphatic carbocycles. The van der Waals surface area contributed by atoms with Crippen LogP contribution in [0.1, 0.15) is 40.2 Å². The minimum atomic E-state index is -0.769. The third-order valence-electron chi connectivity index (χ3n) is 2.65. The number of aliphatic hydroxyl groups excluding tert-OH is 1. The van der Waals surface area contributed by atoms with E-state index in [2.05, 4.69) is 17.4 Å². The van der Waals surface area contributed by atoms with Gasteiger partial charge in [0.25, 0.3) is 0 Å². The molecule has 0 aromatic heterocycles. The summed E-state index contributed by atoms with van der Waals surface area (Å²) in [6.07, 6.45) is -1.04. The summed E-state index contributed by atoms with van der Waals surface area (Å²) in [6, 6.07) is 9.44. The van der Waals surface area contributed by atoms with E-state index in [4.69, 9.17) is 15.6 Å². The molecule has 0 unspecified atom stereocenters. The highest BCUT2D eigenvalue weighted by Gasteiger charge is 2.19. The van der Waals surface area contributed by atoms with Gasteiger partial charge in [0.1, 0.15) is 5.60 Å². The highest BCUT2D eigenvalue weighted by molar-refractivity contribution is 5.94. The summed E-state index contributed by atoms with van der Waals surface area (Å²) in [5, 5.41) is 14.1. The first-order valence-electron chi connectivity index (χ1n) is 8.23. The van der Waals surface area contributed by atoms with Gasteiger partial charge in [-0.1, -0.05) is 30.3 Å². The summed E-state index contributed by atoms with van der Waals surface area (Å²) < 4.78 is 4.83. The van der Waals surface area contributed by atoms with Crippen LogP contribution in [0.5, 0.6) is 0 Å². The lowest BCUT2D eigenvalue weighted by atomic mass is 10.2. The van der Waals surface area contributed by atoms with Gasteiger partial charge in [-0.05, 0) is 40.2 Å². The van der Waals surface area contributed by atoms with E-state index in [9.17, 15) is 9.59 Å². The molecule has 5 N–H and O–H groups in total. The van der Waals surface area contributed by atoms with Gasteiger partial charge in [-0.25, -0.2) is 4.79 Å². The molecular formula is C18H31N3O4. The van der Waals surface area contributed by atoms with Crippen LogP contribution in [0.15, 0.2) is 30.3 Å². The number of hydrogen-bond donors (Lipinski definition) is 4. The van der Waals surface area contributed by atoms with Gasteiger partial charge in [-0.3, -0.25) is 10.1 Å². The maximum Gasteiger partial charge on any atom is 0.414 e. The van der Waals surface area contributed by atoms with Gasteiger partial charge in [0.15, 0.2) is 0 Å². The minimum absolute atomic E-state index is 0.270. The number of imide groups is 1. The van der Waals surface area contributed by atoms with Gasteiger partial charge in [-0.15, -0.1) is 0 Å². The van der Waals surface area contributed by atoms with Crippen molar-refractivity contribution in [1.82, 2.24) is 10.6 Å². The molecule has 142 valence electrons. The number of amides is 2. The molecule has 1 aromatic carbocycles. The van der Waals surface area contributed by atoms with Crippen molar-refractivity contribution >= 4 is 12.0 Å². The van der Waals surface area contributed by atoms with E-state index in [-0.39, 0.29) is 6.10 Å². The first-order chi connectivity index (χ1) is 11.5. The first kappa shape index (κ1) is 23.0. The van der Waals surface area contributed by atoms with Gasteiger partial charge in [0.05, 0.1) is 12.1 Å². The van der Waals surface area contributed by atoms with Crippen LogP contribution >= 0.6 is 0 Å². The van der Waals surface area contributed by atoms with Crippen molar-refractivity contribution in [3.05, 3.63) is 35.9 Å². The zero-order valence-corrected chi connectivity index (χ0v) is 15.7. The van der Waals surface area contributed by atoms with Crippen molar-refractivity contribution in [1.29, 1.82) is 0 Å². The number of carbonyl (C=O) groups excluding carboxylic acids is 2. The van der Waals surface area contributed by atoms with E-state index in [0.717, 1.165) is 6.54 Å². The average Bonchev–Trinajstić information content (AvgIpc) is 2.46. The van der Waals surface area contributed by atoms with E-state index >= 15 is 0 Å². The number of benzene rings is 1. The largest absolute Gasteiger partial charge is 0.444 e. The lowest BCUT2D eigenvalue weighted by Crippen LogP contribution is -2.43. The second-order valence-corrected chi connectivity index (χ2v) is 6.75. The fourth-order valence-electron chi connectivity index (χ4n) is 1.54. The molecule has 0 radical (unpaired) electrons. The van der Waals surface area contributed by atoms with Gasteiger partial charge >= 0.3 is 6.09 Å². The molecule has 7 heteroatoms. The number of nitrogens with two attached hydrogens (primary N) is 1. The molecule has 0 heterocycles. The fourth-order valence-corrected chi connectivity index (χ4v) is 1.54. The van der Waals surface area contributed by atoms with Crippen molar-refractivity contribution in [3.8, 4) is 0 Å². The molecule has 0 saturated carbocycles. The lowest BCUT2D eigenvalue weighted by Gasteiger charge is -2.19. The number of nitrogens with one attached hydrogen (secondary N) is 2. The van der Waals surface area contributed by atoms with Crippen LogP contribution in [-0.2, 0) is 16.1 Å². The maximum absolute atomic E-state index is 11.0. The fraction of sp³-hybridized carbons (Fsp3) is 0.556. The zero-order valence-electron chi connectivity index (χ0n) is 15.7. The van der Waals surface area contributed by atoms with Gasteiger partial charge < -0.3 is 20.9 Å². The lowest BCUT2D eigenvalue weighted by molar-refractivity contribution is -0.121. The molecule has 0 saturated heterocycles. The number of hydrogen-bond acceptors (Lipinski definition) is 6. The molecular weight excluding hydrogens is 322 g/mol. The van der Waals surface area contributed by atoms with Gasteiger partial charge in [-0.2, -0.15) is 0 Å². The topological polar surface area (TPSA) is 114 Å². The Morgan fingerprint density at radius 1 is 1.20 bits per heavy atom. The molecule has 25 heavy (non-hydrogen) atoms. The average molecular weight is 353 g/mol. The van der Waals surface area contributed by atoms with E-state index in [1.54, 1.807) is 27.7 Å². The van der Waals surface area contributed by atoms with E-state index in [0.29, 0.717) is 6.54 Å². The summed E-state index contributed by atoms with van der Waals surface area (Å²) in [4.78, 5) is 21.9. The summed E-state index contributed by atoms with van der Waals surface area (Å²) >= 11 is 0. The molecule has 2 atom stereocenters. The molecule has 1 aromatic rings. The smallest absolute Gasteiger partial charge is 0.414 e. The molecule has 0 fully saturated rings. The number of aliphatic hydroxyl groups is 1. The van der Waals surface area contributed by atoms with Crippen LogP contribution in [-0.4, -0.2) is 41.4 Å². The van der Waals surface area contributed by atoms with E-state index in [1.807, 2.05) is 23.5 Å². The molecule has 0 spiro atoms. The van der Waals surface area contributed by atoms with Crippen LogP contribution in [0.25, 0.3) is 0 Å². The Balaban J connectivity index is 0.000000462. The Hall–Kier alpha value is -1.96. The number of ether oxygens (including phenoxy) is 1. The molecule has 0 aliphatic heterocycles. The van der Waals surface area contributed by atoms with Crippen LogP contribution in [0.3, 0.4) is 0 Å².